The van der Waals surface area contributed by atoms with Crippen LogP contribution < -0.4 is 5.73 Å². The zero-order chi connectivity index (χ0) is 12.5. The number of hydrogen-bond donors (Lipinski definition) is 1. The molecule has 1 aromatic heterocycles. The fraction of sp³-hybridized carbons (Fsp3) is 0.615. The summed E-state index contributed by atoms with van der Waals surface area (Å²) in [6.45, 7) is 6.66. The molecule has 4 nitrogen and oxygen atoms in total. The van der Waals surface area contributed by atoms with Crippen molar-refractivity contribution in [2.45, 2.75) is 20.0 Å². The van der Waals surface area contributed by atoms with Crippen LogP contribution in [0.3, 0.4) is 0 Å². The molecule has 0 aliphatic heterocycles. The number of nitrogens with zero attached hydrogens (tertiary/aromatic N) is 1. The molecule has 0 saturated carbocycles. The fourth-order valence-corrected chi connectivity index (χ4v) is 1.45. The molecule has 1 heterocycles. The number of aromatic nitrogens is 1. The summed E-state index contributed by atoms with van der Waals surface area (Å²) in [5, 5.41) is 0. The highest BCUT2D eigenvalue weighted by atomic mass is 16.5. The van der Waals surface area contributed by atoms with Gasteiger partial charge in [-0.1, -0.05) is 13.8 Å². The molecule has 0 aliphatic rings. The summed E-state index contributed by atoms with van der Waals surface area (Å²) in [5.74, 6) is 0.556. The first kappa shape index (κ1) is 14.1. The number of pyridine rings is 1. The van der Waals surface area contributed by atoms with E-state index in [1.54, 1.807) is 12.4 Å². The molecule has 0 amide bonds. The summed E-state index contributed by atoms with van der Waals surface area (Å²) in [7, 11) is 0. The molecule has 0 saturated heterocycles. The highest BCUT2D eigenvalue weighted by Gasteiger charge is 2.09. The van der Waals surface area contributed by atoms with Crippen molar-refractivity contribution in [3.8, 4) is 0 Å². The molecule has 0 aliphatic carbocycles. The van der Waals surface area contributed by atoms with Crippen LogP contribution in [0, 0.1) is 5.92 Å². The third-order valence-electron chi connectivity index (χ3n) is 2.29. The minimum Gasteiger partial charge on any atom is -0.379 e. The molecule has 2 N–H and O–H groups in total. The average Bonchev–Trinajstić information content (AvgIpc) is 2.34. The largest absolute Gasteiger partial charge is 0.379 e. The molecule has 1 aromatic rings. The molecule has 0 aromatic carbocycles. The van der Waals surface area contributed by atoms with Crippen molar-refractivity contribution < 1.29 is 9.47 Å². The van der Waals surface area contributed by atoms with Crippen LogP contribution in [0.5, 0.6) is 0 Å². The Balaban J connectivity index is 2.24. The van der Waals surface area contributed by atoms with Crippen molar-refractivity contribution in [3.05, 3.63) is 30.1 Å². The van der Waals surface area contributed by atoms with Gasteiger partial charge in [-0.2, -0.15) is 0 Å². The number of hydrogen-bond acceptors (Lipinski definition) is 4. The molecule has 0 spiro atoms. The van der Waals surface area contributed by atoms with Crippen molar-refractivity contribution in [1.29, 1.82) is 0 Å². The first-order chi connectivity index (χ1) is 8.24. The summed E-state index contributed by atoms with van der Waals surface area (Å²) >= 11 is 0. The first-order valence-electron chi connectivity index (χ1n) is 6.03. The van der Waals surface area contributed by atoms with E-state index in [-0.39, 0.29) is 6.10 Å². The van der Waals surface area contributed by atoms with E-state index in [0.717, 1.165) is 12.2 Å². The van der Waals surface area contributed by atoms with E-state index in [1.807, 2.05) is 12.1 Å². The normalized spacial score (nSPS) is 12.9. The van der Waals surface area contributed by atoms with Crippen LogP contribution >= 0.6 is 0 Å². The van der Waals surface area contributed by atoms with Gasteiger partial charge in [0, 0.05) is 25.5 Å². The Morgan fingerprint density at radius 1 is 1.24 bits per heavy atom. The summed E-state index contributed by atoms with van der Waals surface area (Å²) in [6.07, 6.45) is 3.42. The lowest BCUT2D eigenvalue weighted by Gasteiger charge is -2.16. The van der Waals surface area contributed by atoms with Crippen LogP contribution in [0.4, 0.5) is 0 Å². The van der Waals surface area contributed by atoms with Crippen molar-refractivity contribution in [2.24, 2.45) is 11.7 Å². The van der Waals surface area contributed by atoms with Gasteiger partial charge in [-0.3, -0.25) is 4.98 Å². The zero-order valence-electron chi connectivity index (χ0n) is 10.6. The Hall–Kier alpha value is -0.970. The lowest BCUT2D eigenvalue weighted by Crippen LogP contribution is -2.18. The van der Waals surface area contributed by atoms with Gasteiger partial charge in [0.05, 0.1) is 19.3 Å². The van der Waals surface area contributed by atoms with E-state index in [2.05, 4.69) is 18.8 Å². The third kappa shape index (κ3) is 5.77. The molecule has 0 fully saturated rings. The molecule has 1 atom stereocenters. The predicted molar refractivity (Wildman–Crippen MR) is 67.6 cm³/mol. The second kappa shape index (κ2) is 8.17. The number of rotatable bonds is 8. The van der Waals surface area contributed by atoms with Crippen LogP contribution in [0.15, 0.2) is 24.5 Å². The Morgan fingerprint density at radius 3 is 2.53 bits per heavy atom. The summed E-state index contributed by atoms with van der Waals surface area (Å²) in [5.41, 5.74) is 6.74. The highest BCUT2D eigenvalue weighted by Crippen LogP contribution is 2.14. The number of nitrogens with two attached hydrogens (primary N) is 1. The van der Waals surface area contributed by atoms with Gasteiger partial charge < -0.3 is 15.2 Å². The molecule has 96 valence electrons. The van der Waals surface area contributed by atoms with Crippen molar-refractivity contribution in [3.63, 3.8) is 0 Å². The summed E-state index contributed by atoms with van der Waals surface area (Å²) < 4.78 is 11.1. The topological polar surface area (TPSA) is 57.4 Å². The van der Waals surface area contributed by atoms with E-state index in [9.17, 15) is 0 Å². The van der Waals surface area contributed by atoms with Crippen LogP contribution in [-0.2, 0) is 9.47 Å². The predicted octanol–water partition coefficient (Wildman–Crippen LogP) is 1.77. The van der Waals surface area contributed by atoms with Gasteiger partial charge in [0.1, 0.15) is 0 Å². The Labute approximate surface area is 103 Å². The minimum absolute atomic E-state index is 0.0688. The van der Waals surface area contributed by atoms with E-state index >= 15 is 0 Å². The molecular formula is C13H22N2O2. The van der Waals surface area contributed by atoms with E-state index in [1.165, 1.54) is 0 Å². The van der Waals surface area contributed by atoms with Crippen LogP contribution in [0.1, 0.15) is 25.5 Å². The first-order valence-corrected chi connectivity index (χ1v) is 6.03. The molecule has 0 radical (unpaired) electrons. The molecule has 0 bridgehead atoms. The molecule has 1 rings (SSSR count). The molecule has 4 heteroatoms. The Kier molecular flexibility index (Phi) is 6.77. The van der Waals surface area contributed by atoms with Crippen molar-refractivity contribution in [2.75, 3.05) is 26.4 Å². The van der Waals surface area contributed by atoms with Gasteiger partial charge in [0.2, 0.25) is 0 Å². The smallest absolute Gasteiger partial charge is 0.0949 e. The van der Waals surface area contributed by atoms with Gasteiger partial charge in [-0.15, -0.1) is 0 Å². The maximum atomic E-state index is 5.68. The average molecular weight is 238 g/mol. The van der Waals surface area contributed by atoms with Gasteiger partial charge in [-0.25, -0.2) is 0 Å². The van der Waals surface area contributed by atoms with Gasteiger partial charge in [-0.05, 0) is 23.6 Å². The van der Waals surface area contributed by atoms with Crippen molar-refractivity contribution >= 4 is 0 Å². The maximum absolute atomic E-state index is 5.68. The van der Waals surface area contributed by atoms with E-state index in [4.69, 9.17) is 15.2 Å². The summed E-state index contributed by atoms with van der Waals surface area (Å²) in [4.78, 5) is 3.97. The Bertz CT molecular complexity index is 291. The lowest BCUT2D eigenvalue weighted by molar-refractivity contribution is 0.00175. The van der Waals surface area contributed by atoms with Crippen LogP contribution in [-0.4, -0.2) is 31.3 Å². The monoisotopic (exact) mass is 238 g/mol. The zero-order valence-corrected chi connectivity index (χ0v) is 10.6. The molecule has 17 heavy (non-hydrogen) atoms. The molecule has 1 unspecified atom stereocenters. The van der Waals surface area contributed by atoms with Crippen LogP contribution in [0.25, 0.3) is 0 Å². The maximum Gasteiger partial charge on any atom is 0.0949 e. The van der Waals surface area contributed by atoms with Crippen LogP contribution in [0.2, 0.25) is 0 Å². The molecular weight excluding hydrogens is 216 g/mol. The van der Waals surface area contributed by atoms with Gasteiger partial charge in [0.25, 0.3) is 0 Å². The fourth-order valence-electron chi connectivity index (χ4n) is 1.45. The summed E-state index contributed by atoms with van der Waals surface area (Å²) in [6, 6.07) is 3.85. The second-order valence-corrected chi connectivity index (χ2v) is 4.34. The standard InChI is InChI=1S/C13H22N2O2/c1-11(2)10-16-7-8-17-13(9-14)12-3-5-15-6-4-12/h3-6,11,13H,7-10,14H2,1-2H3. The van der Waals surface area contributed by atoms with Gasteiger partial charge >= 0.3 is 0 Å². The number of ether oxygens (including phenoxy) is 2. The second-order valence-electron chi connectivity index (χ2n) is 4.34. The van der Waals surface area contributed by atoms with E-state index in [0.29, 0.717) is 25.7 Å². The Morgan fingerprint density at radius 2 is 1.94 bits per heavy atom. The third-order valence-corrected chi connectivity index (χ3v) is 2.29. The highest BCUT2D eigenvalue weighted by molar-refractivity contribution is 5.13. The van der Waals surface area contributed by atoms with Gasteiger partial charge in [0.15, 0.2) is 0 Å². The van der Waals surface area contributed by atoms with Crippen molar-refractivity contribution in [1.82, 2.24) is 4.98 Å². The quantitative estimate of drug-likeness (QED) is 0.701. The SMILES string of the molecule is CC(C)COCCOC(CN)c1ccncc1. The lowest BCUT2D eigenvalue weighted by atomic mass is 10.1. The van der Waals surface area contributed by atoms with E-state index < -0.39 is 0 Å². The minimum atomic E-state index is -0.0688.